The van der Waals surface area contributed by atoms with Gasteiger partial charge in [-0.25, -0.2) is 0 Å². The number of nitrogen functional groups attached to an aromatic ring is 1. The van der Waals surface area contributed by atoms with E-state index < -0.39 is 0 Å². The summed E-state index contributed by atoms with van der Waals surface area (Å²) in [6.45, 7) is 2.58. The number of hydrogen-bond donors (Lipinski definition) is 3. The Morgan fingerprint density at radius 1 is 1.24 bits per heavy atom. The molecule has 1 atom stereocenters. The minimum atomic E-state index is -0.335. The molecule has 1 heterocycles. The first-order chi connectivity index (χ1) is 13.9. The zero-order valence-corrected chi connectivity index (χ0v) is 19.3. The molecule has 2 aromatic rings. The summed E-state index contributed by atoms with van der Waals surface area (Å²) in [6.07, 6.45) is 2.98. The normalized spacial score (nSPS) is 16.6. The summed E-state index contributed by atoms with van der Waals surface area (Å²) in [6, 6.07) is 13.9. The first kappa shape index (κ1) is 21.9. The number of carbonyl (C=O) groups excluding carboxylic acids is 2. The standard InChI is InChI=1S/C21H25IN4O2S/c1-29-17-5-2-14(3-6-17)12-26-9-8-16(13-26)25-20(27)11-24-21(28)18-10-15(22)4-7-19(18)23/h2-7,10,16H,8-9,11-13,23H2,1H3,(H,24,28)(H,25,27)/t16-/m1/s1. The van der Waals surface area contributed by atoms with Gasteiger partial charge >= 0.3 is 0 Å². The third kappa shape index (κ3) is 6.35. The molecule has 1 saturated heterocycles. The highest BCUT2D eigenvalue weighted by Crippen LogP contribution is 2.18. The van der Waals surface area contributed by atoms with Crippen LogP contribution in [-0.4, -0.2) is 48.6 Å². The van der Waals surface area contributed by atoms with Crippen LogP contribution < -0.4 is 16.4 Å². The van der Waals surface area contributed by atoms with Gasteiger partial charge in [0.25, 0.3) is 5.91 Å². The summed E-state index contributed by atoms with van der Waals surface area (Å²) >= 11 is 3.86. The Morgan fingerprint density at radius 2 is 2.00 bits per heavy atom. The second-order valence-corrected chi connectivity index (χ2v) is 9.18. The van der Waals surface area contributed by atoms with E-state index in [9.17, 15) is 9.59 Å². The van der Waals surface area contributed by atoms with E-state index in [-0.39, 0.29) is 24.4 Å². The van der Waals surface area contributed by atoms with Crippen LogP contribution in [0.4, 0.5) is 5.69 Å². The molecule has 29 heavy (non-hydrogen) atoms. The van der Waals surface area contributed by atoms with Crippen molar-refractivity contribution in [3.8, 4) is 0 Å². The van der Waals surface area contributed by atoms with Crippen LogP contribution in [-0.2, 0) is 11.3 Å². The van der Waals surface area contributed by atoms with Crippen molar-refractivity contribution in [2.24, 2.45) is 0 Å². The van der Waals surface area contributed by atoms with Gasteiger partial charge in [-0.1, -0.05) is 12.1 Å². The number of nitrogens with zero attached hydrogens (tertiary/aromatic N) is 1. The highest BCUT2D eigenvalue weighted by molar-refractivity contribution is 14.1. The summed E-state index contributed by atoms with van der Waals surface area (Å²) in [5.41, 5.74) is 7.92. The average molecular weight is 524 g/mol. The van der Waals surface area contributed by atoms with Gasteiger partial charge in [-0.15, -0.1) is 11.8 Å². The highest BCUT2D eigenvalue weighted by atomic mass is 127. The molecule has 8 heteroatoms. The Balaban J connectivity index is 1.43. The van der Waals surface area contributed by atoms with Crippen LogP contribution in [0.15, 0.2) is 47.4 Å². The van der Waals surface area contributed by atoms with Crippen molar-refractivity contribution in [3.05, 3.63) is 57.2 Å². The molecule has 6 nitrogen and oxygen atoms in total. The van der Waals surface area contributed by atoms with Crippen molar-refractivity contribution in [1.82, 2.24) is 15.5 Å². The lowest BCUT2D eigenvalue weighted by molar-refractivity contribution is -0.120. The number of thioether (sulfide) groups is 1. The van der Waals surface area contributed by atoms with Gasteiger partial charge in [0.1, 0.15) is 0 Å². The smallest absolute Gasteiger partial charge is 0.253 e. The number of hydrogen-bond acceptors (Lipinski definition) is 5. The number of nitrogens with one attached hydrogen (secondary N) is 2. The van der Waals surface area contributed by atoms with Crippen molar-refractivity contribution < 1.29 is 9.59 Å². The van der Waals surface area contributed by atoms with E-state index in [1.807, 2.05) is 6.07 Å². The maximum absolute atomic E-state index is 12.3. The minimum Gasteiger partial charge on any atom is -0.398 e. The van der Waals surface area contributed by atoms with Crippen molar-refractivity contribution in [1.29, 1.82) is 0 Å². The molecule has 1 aliphatic heterocycles. The molecule has 0 unspecified atom stereocenters. The Kier molecular flexibility index (Phi) is 7.79. The number of carbonyl (C=O) groups is 2. The van der Waals surface area contributed by atoms with E-state index in [1.165, 1.54) is 10.5 Å². The number of benzene rings is 2. The zero-order chi connectivity index (χ0) is 20.8. The van der Waals surface area contributed by atoms with Gasteiger partial charge in [0.05, 0.1) is 12.1 Å². The third-order valence-corrected chi connectivity index (χ3v) is 6.29. The fraction of sp³-hybridized carbons (Fsp3) is 0.333. The van der Waals surface area contributed by atoms with Crippen molar-refractivity contribution in [2.45, 2.75) is 23.9 Å². The van der Waals surface area contributed by atoms with Gasteiger partial charge in [0.2, 0.25) is 5.91 Å². The summed E-state index contributed by atoms with van der Waals surface area (Å²) in [5.74, 6) is -0.517. The number of nitrogens with two attached hydrogens (primary N) is 1. The van der Waals surface area contributed by atoms with Crippen LogP contribution in [0.3, 0.4) is 0 Å². The van der Waals surface area contributed by atoms with Crippen LogP contribution in [0.25, 0.3) is 0 Å². The van der Waals surface area contributed by atoms with Gasteiger partial charge in [0.15, 0.2) is 0 Å². The highest BCUT2D eigenvalue weighted by Gasteiger charge is 2.24. The predicted molar refractivity (Wildman–Crippen MR) is 126 cm³/mol. The van der Waals surface area contributed by atoms with Crippen molar-refractivity contribution in [2.75, 3.05) is 31.6 Å². The molecule has 0 aromatic heterocycles. The fourth-order valence-corrected chi connectivity index (χ4v) is 4.24. The zero-order valence-electron chi connectivity index (χ0n) is 16.3. The van der Waals surface area contributed by atoms with E-state index in [2.05, 4.69) is 68.6 Å². The van der Waals surface area contributed by atoms with E-state index in [1.54, 1.807) is 23.9 Å². The van der Waals surface area contributed by atoms with E-state index >= 15 is 0 Å². The van der Waals surface area contributed by atoms with Gasteiger partial charge in [-0.3, -0.25) is 14.5 Å². The van der Waals surface area contributed by atoms with Crippen LogP contribution in [0.2, 0.25) is 0 Å². The lowest BCUT2D eigenvalue weighted by Crippen LogP contribution is -2.43. The molecular weight excluding hydrogens is 499 g/mol. The first-order valence-electron chi connectivity index (χ1n) is 9.42. The summed E-state index contributed by atoms with van der Waals surface area (Å²) in [5, 5.41) is 5.67. The molecule has 0 saturated carbocycles. The molecule has 2 aromatic carbocycles. The second kappa shape index (κ2) is 10.3. The molecule has 1 fully saturated rings. The molecule has 154 valence electrons. The SMILES string of the molecule is CSc1ccc(CN2CC[C@@H](NC(=O)CNC(=O)c3cc(I)ccc3N)C2)cc1. The van der Waals surface area contributed by atoms with Gasteiger partial charge < -0.3 is 16.4 Å². The number of rotatable bonds is 7. The molecule has 0 bridgehead atoms. The minimum absolute atomic E-state index is 0.0591. The van der Waals surface area contributed by atoms with Crippen LogP contribution >= 0.6 is 34.4 Å². The molecular formula is C21H25IN4O2S. The van der Waals surface area contributed by atoms with Gasteiger partial charge in [-0.2, -0.15) is 0 Å². The maximum Gasteiger partial charge on any atom is 0.253 e. The lowest BCUT2D eigenvalue weighted by atomic mass is 10.1. The molecule has 0 aliphatic carbocycles. The van der Waals surface area contributed by atoms with Crippen LogP contribution in [0, 0.1) is 3.57 Å². The summed E-state index contributed by atoms with van der Waals surface area (Å²) in [4.78, 5) is 28.1. The average Bonchev–Trinajstić information content (AvgIpc) is 3.15. The maximum atomic E-state index is 12.3. The monoisotopic (exact) mass is 524 g/mol. The Morgan fingerprint density at radius 3 is 2.72 bits per heavy atom. The topological polar surface area (TPSA) is 87.5 Å². The van der Waals surface area contributed by atoms with Crippen LogP contribution in [0.1, 0.15) is 22.3 Å². The summed E-state index contributed by atoms with van der Waals surface area (Å²) < 4.78 is 0.917. The Labute approximate surface area is 189 Å². The number of likely N-dealkylation sites (tertiary alicyclic amines) is 1. The second-order valence-electron chi connectivity index (χ2n) is 7.05. The third-order valence-electron chi connectivity index (χ3n) is 4.87. The molecule has 1 aliphatic rings. The van der Waals surface area contributed by atoms with Crippen molar-refractivity contribution >= 4 is 51.9 Å². The lowest BCUT2D eigenvalue weighted by Gasteiger charge is -2.17. The quantitative estimate of drug-likeness (QED) is 0.295. The van der Waals surface area contributed by atoms with Gasteiger partial charge in [-0.05, 0) is 71.2 Å². The largest absolute Gasteiger partial charge is 0.398 e. The van der Waals surface area contributed by atoms with E-state index in [0.717, 1.165) is 29.6 Å². The molecule has 3 rings (SSSR count). The molecule has 0 radical (unpaired) electrons. The van der Waals surface area contributed by atoms with Crippen LogP contribution in [0.5, 0.6) is 0 Å². The number of anilines is 1. The molecule has 4 N–H and O–H groups in total. The first-order valence-corrected chi connectivity index (χ1v) is 11.7. The molecule has 2 amide bonds. The number of amides is 2. The van der Waals surface area contributed by atoms with E-state index in [4.69, 9.17) is 5.73 Å². The van der Waals surface area contributed by atoms with Crippen molar-refractivity contribution in [3.63, 3.8) is 0 Å². The van der Waals surface area contributed by atoms with E-state index in [0.29, 0.717) is 11.3 Å². The Hall–Kier alpha value is -1.78. The number of halogens is 1. The van der Waals surface area contributed by atoms with Gasteiger partial charge in [0, 0.05) is 39.8 Å². The predicted octanol–water partition coefficient (Wildman–Crippen LogP) is 2.72. The Bertz CT molecular complexity index is 875. The molecule has 0 spiro atoms. The summed E-state index contributed by atoms with van der Waals surface area (Å²) in [7, 11) is 0. The fourth-order valence-electron chi connectivity index (χ4n) is 3.34.